The van der Waals surface area contributed by atoms with E-state index in [1.807, 2.05) is 50.1 Å². The molecule has 1 fully saturated rings. The number of nitrogens with two attached hydrogens (primary N) is 1. The Morgan fingerprint density at radius 1 is 0.792 bits per heavy atom. The van der Waals surface area contributed by atoms with Crippen molar-refractivity contribution in [3.05, 3.63) is 113 Å². The third-order valence-corrected chi connectivity index (χ3v) is 11.6. The van der Waals surface area contributed by atoms with Crippen LogP contribution in [-0.2, 0) is 43.1 Å². The van der Waals surface area contributed by atoms with Gasteiger partial charge in [-0.1, -0.05) is 56.3 Å². The van der Waals surface area contributed by atoms with Gasteiger partial charge in [-0.15, -0.1) is 0 Å². The number of carbonyl (C=O) groups is 5. The topological polar surface area (TPSA) is 209 Å². The highest BCUT2D eigenvalue weighted by Gasteiger charge is 2.23. The number of anilines is 2. The van der Waals surface area contributed by atoms with Gasteiger partial charge in [-0.25, -0.2) is 4.79 Å². The summed E-state index contributed by atoms with van der Waals surface area (Å²) in [6.45, 7) is 16.8. The van der Waals surface area contributed by atoms with Gasteiger partial charge in [0.05, 0.1) is 51.8 Å². The van der Waals surface area contributed by atoms with Crippen LogP contribution in [0.1, 0.15) is 84.4 Å². The number of aryl methyl sites for hydroxylation is 2. The third-order valence-electron chi connectivity index (χ3n) is 11.6. The van der Waals surface area contributed by atoms with Crippen LogP contribution in [0.2, 0.25) is 0 Å². The predicted molar refractivity (Wildman–Crippen MR) is 287 cm³/mol. The van der Waals surface area contributed by atoms with E-state index in [2.05, 4.69) is 75.7 Å². The van der Waals surface area contributed by atoms with Crippen molar-refractivity contribution in [2.75, 3.05) is 123 Å². The summed E-state index contributed by atoms with van der Waals surface area (Å²) in [7, 11) is 5.21. The quantitative estimate of drug-likeness (QED) is 0.0440. The van der Waals surface area contributed by atoms with Crippen LogP contribution in [0.4, 0.5) is 16.2 Å². The third kappa shape index (κ3) is 23.7. The summed E-state index contributed by atoms with van der Waals surface area (Å²) in [5.41, 5.74) is 14.6. The number of hydrogen-bond donors (Lipinski definition) is 4. The number of piperazine rings is 1. The monoisotopic (exact) mass is 999 g/mol. The first-order valence-corrected chi connectivity index (χ1v) is 25.2. The number of nitrogens with one attached hydrogen (secondary N) is 2. The molecule has 4 aromatic rings. The highest BCUT2D eigenvalue weighted by atomic mass is 16.5. The Kier molecular flexibility index (Phi) is 32.0. The molecule has 3 aromatic carbocycles. The van der Waals surface area contributed by atoms with E-state index in [0.29, 0.717) is 70.2 Å². The number of carboxylic acid groups (broad SMARTS) is 1. The second-order valence-corrected chi connectivity index (χ2v) is 16.5. The Morgan fingerprint density at radius 2 is 1.40 bits per heavy atom. The Bertz CT molecular complexity index is 2140. The minimum Gasteiger partial charge on any atom is -0.481 e. The number of amides is 4. The van der Waals surface area contributed by atoms with Crippen molar-refractivity contribution in [2.45, 2.75) is 66.2 Å². The molecule has 1 aliphatic heterocycles. The van der Waals surface area contributed by atoms with E-state index >= 15 is 0 Å². The number of carboxylic acids is 1. The zero-order chi connectivity index (χ0) is 52.9. The summed E-state index contributed by atoms with van der Waals surface area (Å²) in [6.07, 6.45) is 9.35. The van der Waals surface area contributed by atoms with Crippen LogP contribution in [-0.4, -0.2) is 169 Å². The number of ether oxygens (including phenoxy) is 3. The highest BCUT2D eigenvalue weighted by molar-refractivity contribution is 5.94. The summed E-state index contributed by atoms with van der Waals surface area (Å²) >= 11 is 0. The Morgan fingerprint density at radius 3 is 1.96 bits per heavy atom. The van der Waals surface area contributed by atoms with Crippen molar-refractivity contribution in [1.29, 1.82) is 0 Å². The van der Waals surface area contributed by atoms with E-state index in [1.54, 1.807) is 54.5 Å². The van der Waals surface area contributed by atoms with Crippen molar-refractivity contribution in [1.82, 2.24) is 25.0 Å². The van der Waals surface area contributed by atoms with Crippen LogP contribution in [0.5, 0.6) is 0 Å². The van der Waals surface area contributed by atoms with Gasteiger partial charge in [0.2, 0.25) is 12.3 Å². The number of benzene rings is 3. The molecule has 2 heterocycles. The van der Waals surface area contributed by atoms with Gasteiger partial charge in [0.25, 0.3) is 0 Å². The van der Waals surface area contributed by atoms with Crippen molar-refractivity contribution in [3.8, 4) is 11.3 Å². The summed E-state index contributed by atoms with van der Waals surface area (Å²) < 4.78 is 16.0. The van der Waals surface area contributed by atoms with Crippen LogP contribution < -0.4 is 21.3 Å². The van der Waals surface area contributed by atoms with Gasteiger partial charge in [0.15, 0.2) is 0 Å². The van der Waals surface area contributed by atoms with Gasteiger partial charge in [0, 0.05) is 108 Å². The smallest absolute Gasteiger partial charge is 0.319 e. The van der Waals surface area contributed by atoms with Crippen LogP contribution in [0.3, 0.4) is 0 Å². The highest BCUT2D eigenvalue weighted by Crippen LogP contribution is 2.31. The molecule has 5 N–H and O–H groups in total. The zero-order valence-corrected chi connectivity index (χ0v) is 43.9. The predicted octanol–water partition coefficient (Wildman–Crippen LogP) is 6.92. The lowest BCUT2D eigenvalue weighted by Crippen LogP contribution is -2.52. The standard InChI is InChI=1S/C24H37N3O7.C17H22N4O.C10H12.C2H5NO.C2H6/c1-25(12-14-33-16-18-34-17-15-32-13-6-23(29)30)24(31)27-10-8-26(9-11-27)7-5-21-3-2-4-22(19-21)20-28;1-4-21(5-2)13-6-7-15(19-3)14(11-13)16-10-12(17(18)22)8-9-20-16;1-2-6-10-8-4-3-7-9(10)5-1;1-3-2-4;1-2/h2-4,19-20H,5-18H2,1H3,(H,29,30);6-11,19H,4-5H2,1-3H3,(H2,18,22);1-2,5-6H,3-4,7-8H2;2H,1H3,(H,3,4);1-2H3. The average molecular weight is 999 g/mol. The molecule has 6 rings (SSSR count). The Hall–Kier alpha value is -6.40. The molecule has 4 amide bonds. The van der Waals surface area contributed by atoms with Crippen LogP contribution >= 0.6 is 0 Å². The summed E-state index contributed by atoms with van der Waals surface area (Å²) in [4.78, 5) is 66.9. The van der Waals surface area contributed by atoms with E-state index in [9.17, 15) is 19.2 Å². The molecule has 1 aliphatic carbocycles. The van der Waals surface area contributed by atoms with E-state index < -0.39 is 11.9 Å². The fourth-order valence-electron chi connectivity index (χ4n) is 7.67. The maximum Gasteiger partial charge on any atom is 0.319 e. The Labute approximate surface area is 428 Å². The minimum atomic E-state index is -0.880. The maximum atomic E-state index is 12.7. The molecule has 0 radical (unpaired) electrons. The molecule has 1 aromatic heterocycles. The molecule has 17 nitrogen and oxygen atoms in total. The number of likely N-dealkylation sites (N-methyl/N-ethyl adjacent to an activating group) is 1. The number of primary amides is 1. The number of carbonyl (C=O) groups excluding carboxylic acids is 4. The van der Waals surface area contributed by atoms with Gasteiger partial charge in [-0.2, -0.15) is 0 Å². The molecular weight excluding hydrogens is 917 g/mol. The molecule has 0 saturated carbocycles. The molecule has 0 bridgehead atoms. The number of pyridine rings is 1. The summed E-state index contributed by atoms with van der Waals surface area (Å²) in [5, 5.41) is 13.9. The number of rotatable bonds is 23. The van der Waals surface area contributed by atoms with Crippen LogP contribution in [0, 0.1) is 0 Å². The van der Waals surface area contributed by atoms with E-state index in [1.165, 1.54) is 25.7 Å². The lowest BCUT2D eigenvalue weighted by molar-refractivity contribution is -0.138. The lowest BCUT2D eigenvalue weighted by atomic mass is 9.92. The number of urea groups is 1. The fourth-order valence-corrected chi connectivity index (χ4v) is 7.67. The molecule has 1 saturated heterocycles. The van der Waals surface area contributed by atoms with Crippen LogP contribution in [0.15, 0.2) is 85.1 Å². The first kappa shape index (κ1) is 61.7. The number of nitrogens with zero attached hydrogens (tertiary/aromatic N) is 5. The molecule has 0 atom stereocenters. The number of hydrogen-bond acceptors (Lipinski definition) is 12. The van der Waals surface area contributed by atoms with Gasteiger partial charge < -0.3 is 50.4 Å². The van der Waals surface area contributed by atoms with Crippen molar-refractivity contribution >= 4 is 42.0 Å². The zero-order valence-electron chi connectivity index (χ0n) is 43.9. The number of aromatic nitrogens is 1. The maximum absolute atomic E-state index is 12.7. The van der Waals surface area contributed by atoms with Crippen molar-refractivity contribution in [2.24, 2.45) is 5.73 Å². The van der Waals surface area contributed by atoms with E-state index in [-0.39, 0.29) is 19.1 Å². The first-order valence-electron chi connectivity index (χ1n) is 25.2. The van der Waals surface area contributed by atoms with Gasteiger partial charge in [-0.3, -0.25) is 29.1 Å². The minimum absolute atomic E-state index is 0.0105. The van der Waals surface area contributed by atoms with Crippen molar-refractivity contribution in [3.63, 3.8) is 0 Å². The fraction of sp³-hybridized carbons (Fsp3) is 0.491. The molecule has 396 valence electrons. The number of aliphatic carboxylic acids is 1. The van der Waals surface area contributed by atoms with E-state index in [0.717, 1.165) is 73.6 Å². The summed E-state index contributed by atoms with van der Waals surface area (Å²) in [5.74, 6) is -1.33. The average Bonchev–Trinajstić information content (AvgIpc) is 3.43. The van der Waals surface area contributed by atoms with Gasteiger partial charge >= 0.3 is 12.0 Å². The van der Waals surface area contributed by atoms with Gasteiger partial charge in [0.1, 0.15) is 6.29 Å². The number of aldehydes is 1. The largest absolute Gasteiger partial charge is 0.481 e. The SMILES string of the molecule is CC.CCN(CC)c1ccc(NC)c(-c2cc(C(N)=O)ccn2)c1.CN(CCOCCOCCOCCC(=O)O)C(=O)N1CCN(CCc2cccc(C=O)c2)CC1.CNC=O.c1ccc2c(c1)CCCC2. The molecule has 72 heavy (non-hydrogen) atoms. The molecule has 0 spiro atoms. The first-order chi connectivity index (χ1) is 35.0. The Balaban J connectivity index is 0.000000393. The number of fused-ring (bicyclic) bond motifs is 1. The van der Waals surface area contributed by atoms with Crippen molar-refractivity contribution < 1.29 is 43.3 Å². The molecule has 17 heteroatoms. The summed E-state index contributed by atoms with van der Waals surface area (Å²) in [6, 6.07) is 26.0. The van der Waals surface area contributed by atoms with Gasteiger partial charge in [-0.05, 0) is 99.0 Å². The second kappa shape index (κ2) is 37.4. The lowest BCUT2D eigenvalue weighted by Gasteiger charge is -2.36. The normalized spacial score (nSPS) is 12.5. The van der Waals surface area contributed by atoms with Crippen LogP contribution in [0.25, 0.3) is 11.3 Å². The molecule has 0 unspecified atom stereocenters. The second-order valence-electron chi connectivity index (χ2n) is 16.5. The molecule has 2 aliphatic rings. The molecular formula is C55H82N8O9. The van der Waals surface area contributed by atoms with E-state index in [4.69, 9.17) is 29.8 Å².